The van der Waals surface area contributed by atoms with E-state index >= 15 is 0 Å². The van der Waals surface area contributed by atoms with Gasteiger partial charge >= 0.3 is 0 Å². The number of nitrogens with one attached hydrogen (secondary N) is 1. The predicted molar refractivity (Wildman–Crippen MR) is 93.4 cm³/mol. The van der Waals surface area contributed by atoms with Gasteiger partial charge in [0.1, 0.15) is 18.5 Å². The van der Waals surface area contributed by atoms with Gasteiger partial charge in [0.2, 0.25) is 5.91 Å². The summed E-state index contributed by atoms with van der Waals surface area (Å²) in [6, 6.07) is 0. The fraction of sp³-hybridized carbons (Fsp3) is 0.467. The zero-order valence-electron chi connectivity index (χ0n) is 14.1. The number of anilines is 1. The van der Waals surface area contributed by atoms with Gasteiger partial charge in [-0.05, 0) is 12.3 Å². The number of rotatable bonds is 6. The van der Waals surface area contributed by atoms with E-state index in [1.165, 1.54) is 22.7 Å². The molecule has 27 heavy (non-hydrogen) atoms. The van der Waals surface area contributed by atoms with E-state index in [9.17, 15) is 23.8 Å². The second-order valence-electron chi connectivity index (χ2n) is 5.73. The minimum absolute atomic E-state index is 0.0244. The number of thioether (sulfide) groups is 1. The third kappa shape index (κ3) is 4.08. The largest absolute Gasteiger partial charge is 0.387 e. The highest BCUT2D eigenvalue weighted by molar-refractivity contribution is 7.98. The van der Waals surface area contributed by atoms with Crippen LogP contribution < -0.4 is 5.32 Å². The first-order valence-corrected chi connectivity index (χ1v) is 9.27. The Morgan fingerprint density at radius 3 is 2.89 bits per heavy atom. The Balaban J connectivity index is 1.87. The highest BCUT2D eigenvalue weighted by atomic mass is 32.2. The molecule has 2 aromatic rings. The van der Waals surface area contributed by atoms with E-state index in [2.05, 4.69) is 20.3 Å². The third-order valence-corrected chi connectivity index (χ3v) is 4.60. The van der Waals surface area contributed by atoms with Gasteiger partial charge in [-0.15, -0.1) is 0 Å². The number of halogens is 2. The second-order valence-corrected chi connectivity index (χ2v) is 6.64. The number of amides is 1. The van der Waals surface area contributed by atoms with E-state index in [0.29, 0.717) is 17.9 Å². The molecule has 2 aromatic heterocycles. The molecule has 12 heteroatoms. The molecule has 3 heterocycles. The van der Waals surface area contributed by atoms with Crippen molar-refractivity contribution in [3.05, 3.63) is 24.8 Å². The number of imidazole rings is 1. The molecule has 0 aromatic carbocycles. The van der Waals surface area contributed by atoms with Crippen LogP contribution in [0.5, 0.6) is 0 Å². The lowest BCUT2D eigenvalue weighted by atomic mass is 10.1. The van der Waals surface area contributed by atoms with E-state index in [1.807, 2.05) is 6.26 Å². The number of hydrogen-bond acceptors (Lipinski definition) is 8. The smallest absolute Gasteiger partial charge is 0.257 e. The van der Waals surface area contributed by atoms with E-state index in [-0.39, 0.29) is 17.0 Å². The van der Waals surface area contributed by atoms with Crippen LogP contribution in [-0.4, -0.2) is 72.4 Å². The first kappa shape index (κ1) is 19.6. The number of ether oxygens (including phenoxy) is 1. The van der Waals surface area contributed by atoms with E-state index in [0.717, 1.165) is 6.33 Å². The number of alkyl halides is 2. The Morgan fingerprint density at radius 1 is 1.41 bits per heavy atom. The topological polar surface area (TPSA) is 122 Å². The zero-order chi connectivity index (χ0) is 19.6. The summed E-state index contributed by atoms with van der Waals surface area (Å²) in [6.45, 7) is 0. The molecule has 1 aliphatic heterocycles. The van der Waals surface area contributed by atoms with Gasteiger partial charge in [-0.25, -0.2) is 23.7 Å². The number of hydrogen-bond donors (Lipinski definition) is 3. The molecular weight excluding hydrogens is 384 g/mol. The fourth-order valence-electron chi connectivity index (χ4n) is 2.71. The maximum Gasteiger partial charge on any atom is 0.257 e. The van der Waals surface area contributed by atoms with E-state index < -0.39 is 36.9 Å². The molecule has 1 amide bonds. The van der Waals surface area contributed by atoms with Crippen molar-refractivity contribution in [3.63, 3.8) is 0 Å². The molecule has 0 aliphatic carbocycles. The number of carbonyl (C=O) groups excluding carboxylic acids is 1. The first-order chi connectivity index (χ1) is 12.9. The molecule has 0 saturated carbocycles. The van der Waals surface area contributed by atoms with Gasteiger partial charge in [-0.3, -0.25) is 9.36 Å². The normalized spacial score (nSPS) is 25.7. The summed E-state index contributed by atoms with van der Waals surface area (Å²) in [6.07, 6.45) is -0.991. The van der Waals surface area contributed by atoms with Crippen molar-refractivity contribution >= 4 is 34.7 Å². The van der Waals surface area contributed by atoms with Gasteiger partial charge in [0.15, 0.2) is 23.2 Å². The molecule has 1 fully saturated rings. The summed E-state index contributed by atoms with van der Waals surface area (Å²) >= 11 is 1.47. The van der Waals surface area contributed by atoms with Crippen molar-refractivity contribution in [3.8, 4) is 0 Å². The van der Waals surface area contributed by atoms with Gasteiger partial charge in [0.25, 0.3) is 6.43 Å². The van der Waals surface area contributed by atoms with Crippen molar-refractivity contribution in [2.75, 3.05) is 17.3 Å². The zero-order valence-corrected chi connectivity index (χ0v) is 14.9. The molecule has 0 spiro atoms. The molecular formula is C15H17F2N5O4S. The van der Waals surface area contributed by atoms with Crippen molar-refractivity contribution in [1.29, 1.82) is 0 Å². The Bertz CT molecular complexity index is 849. The number of carbonyl (C=O) groups is 1. The summed E-state index contributed by atoms with van der Waals surface area (Å²) in [7, 11) is 0. The molecule has 1 saturated heterocycles. The maximum absolute atomic E-state index is 12.2. The Kier molecular flexibility index (Phi) is 5.99. The minimum Gasteiger partial charge on any atom is -0.387 e. The molecule has 0 radical (unpaired) electrons. The van der Waals surface area contributed by atoms with Crippen LogP contribution in [0, 0.1) is 0 Å². The monoisotopic (exact) mass is 401 g/mol. The summed E-state index contributed by atoms with van der Waals surface area (Å²) in [5.41, 5.74) is 0.439. The lowest BCUT2D eigenvalue weighted by Crippen LogP contribution is -2.32. The highest BCUT2D eigenvalue weighted by Gasteiger charge is 2.44. The van der Waals surface area contributed by atoms with Crippen LogP contribution in [0.4, 0.5) is 14.6 Å². The van der Waals surface area contributed by atoms with Gasteiger partial charge < -0.3 is 20.3 Å². The van der Waals surface area contributed by atoms with Gasteiger partial charge in [-0.1, -0.05) is 0 Å². The summed E-state index contributed by atoms with van der Waals surface area (Å²) < 4.78 is 31.5. The summed E-state index contributed by atoms with van der Waals surface area (Å²) in [5.74, 6) is -0.275. The maximum atomic E-state index is 12.2. The summed E-state index contributed by atoms with van der Waals surface area (Å²) in [4.78, 5) is 23.8. The molecule has 9 nitrogen and oxygen atoms in total. The van der Waals surface area contributed by atoms with Crippen molar-refractivity contribution in [2.45, 2.75) is 31.0 Å². The molecule has 0 unspecified atom stereocenters. The number of aromatic nitrogens is 4. The van der Waals surface area contributed by atoms with Gasteiger partial charge in [-0.2, -0.15) is 11.8 Å². The van der Waals surface area contributed by atoms with Crippen molar-refractivity contribution in [1.82, 2.24) is 19.5 Å². The number of aliphatic hydroxyl groups is 2. The number of allylic oxidation sites excluding steroid dienone is 1. The molecule has 0 bridgehead atoms. The Morgan fingerprint density at radius 2 is 2.19 bits per heavy atom. The van der Waals surface area contributed by atoms with Gasteiger partial charge in [0, 0.05) is 11.8 Å². The lowest BCUT2D eigenvalue weighted by Gasteiger charge is -2.16. The molecule has 146 valence electrons. The minimum atomic E-state index is -2.75. The first-order valence-electron chi connectivity index (χ1n) is 7.87. The molecule has 3 N–H and O–H groups in total. The summed E-state index contributed by atoms with van der Waals surface area (Å²) in [5, 5.41) is 22.8. The number of aliphatic hydroxyl groups excluding tert-OH is 2. The Hall–Kier alpha value is -2.15. The number of nitrogens with zero attached hydrogens (tertiary/aromatic N) is 4. The highest BCUT2D eigenvalue weighted by Crippen LogP contribution is 2.33. The molecule has 4 atom stereocenters. The predicted octanol–water partition coefficient (Wildman–Crippen LogP) is 0.568. The van der Waals surface area contributed by atoms with E-state index in [1.54, 1.807) is 0 Å². The Labute approximate surface area is 156 Å². The quantitative estimate of drug-likeness (QED) is 0.601. The van der Waals surface area contributed by atoms with Crippen molar-refractivity contribution in [2.24, 2.45) is 0 Å². The van der Waals surface area contributed by atoms with E-state index in [4.69, 9.17) is 4.74 Å². The van der Waals surface area contributed by atoms with Crippen LogP contribution in [0.2, 0.25) is 0 Å². The van der Waals surface area contributed by atoms with Crippen LogP contribution in [0.1, 0.15) is 6.23 Å². The third-order valence-electron chi connectivity index (χ3n) is 3.94. The fourth-order valence-corrected chi connectivity index (χ4v) is 3.31. The SMILES string of the molecule is CSC[C@H]1O[C@@H](n2cnc3c(NC(=O)/C=C/C(F)F)ncnc32)[C@H](O)[C@@H]1O. The lowest BCUT2D eigenvalue weighted by molar-refractivity contribution is -0.112. The van der Waals surface area contributed by atoms with Gasteiger partial charge in [0.05, 0.1) is 12.4 Å². The standard InChI is InChI=1S/C15H17F2N5O4S/c1-27-4-7-11(24)12(25)15(26-7)22-6-20-10-13(18-5-19-14(10)22)21-9(23)3-2-8(16)17/h2-3,5-8,11-12,15,24-25H,4H2,1H3,(H,18,19,21,23)/b3-2+/t7-,11-,12-,15-/m1/s1. The average molecular weight is 401 g/mol. The molecule has 1 aliphatic rings. The van der Waals surface area contributed by atoms with Crippen LogP contribution in [0.25, 0.3) is 11.2 Å². The van der Waals surface area contributed by atoms with Crippen LogP contribution in [-0.2, 0) is 9.53 Å². The number of fused-ring (bicyclic) bond motifs is 1. The van der Waals surface area contributed by atoms with Crippen molar-refractivity contribution < 1.29 is 28.5 Å². The van der Waals surface area contributed by atoms with Crippen LogP contribution in [0.15, 0.2) is 24.8 Å². The van der Waals surface area contributed by atoms with Crippen LogP contribution in [0.3, 0.4) is 0 Å². The second kappa shape index (κ2) is 8.25. The average Bonchev–Trinajstić information content (AvgIpc) is 3.17. The molecule has 3 rings (SSSR count). The van der Waals surface area contributed by atoms with Crippen LogP contribution >= 0.6 is 11.8 Å².